The molecule has 0 spiro atoms. The van der Waals surface area contributed by atoms with E-state index in [4.69, 9.17) is 0 Å². The number of thiophene rings is 1. The highest BCUT2D eigenvalue weighted by molar-refractivity contribution is 9.09. The van der Waals surface area contributed by atoms with Gasteiger partial charge in [0, 0.05) is 18.4 Å². The maximum absolute atomic E-state index is 3.56. The number of rotatable bonds is 4. The fourth-order valence-electron chi connectivity index (χ4n) is 2.80. The standard InChI is InChI=1S/C16H18BrNS/c17-9-6-13-7-10-18(12-13)15-8-11-19-16(15)14-4-2-1-3-5-14/h1-5,8,11,13H,6-7,9-10,12H2. The molecule has 0 N–H and O–H groups in total. The Morgan fingerprint density at radius 3 is 2.84 bits per heavy atom. The minimum atomic E-state index is 0.850. The van der Waals surface area contributed by atoms with Crippen LogP contribution in [0.4, 0.5) is 5.69 Å². The summed E-state index contributed by atoms with van der Waals surface area (Å²) in [5.74, 6) is 0.850. The van der Waals surface area contributed by atoms with E-state index in [0.717, 1.165) is 11.2 Å². The first-order chi connectivity index (χ1) is 9.38. The van der Waals surface area contributed by atoms with Crippen molar-refractivity contribution in [3.8, 4) is 10.4 Å². The van der Waals surface area contributed by atoms with Gasteiger partial charge in [-0.1, -0.05) is 46.3 Å². The highest BCUT2D eigenvalue weighted by atomic mass is 79.9. The molecule has 3 heteroatoms. The fraction of sp³-hybridized carbons (Fsp3) is 0.375. The van der Waals surface area contributed by atoms with Crippen LogP contribution in [-0.2, 0) is 0 Å². The van der Waals surface area contributed by atoms with Crippen LogP contribution in [0.2, 0.25) is 0 Å². The first-order valence-corrected chi connectivity index (χ1v) is 8.82. The van der Waals surface area contributed by atoms with Gasteiger partial charge in [0.15, 0.2) is 0 Å². The van der Waals surface area contributed by atoms with Crippen molar-refractivity contribution in [2.24, 2.45) is 5.92 Å². The highest BCUT2D eigenvalue weighted by Gasteiger charge is 2.24. The van der Waals surface area contributed by atoms with E-state index in [1.54, 1.807) is 0 Å². The SMILES string of the molecule is BrCCC1CCN(c2ccsc2-c2ccccc2)C1. The Hall–Kier alpha value is -0.800. The first-order valence-electron chi connectivity index (χ1n) is 6.82. The Morgan fingerprint density at radius 2 is 2.05 bits per heavy atom. The van der Waals surface area contributed by atoms with Crippen molar-refractivity contribution < 1.29 is 0 Å². The Morgan fingerprint density at radius 1 is 1.21 bits per heavy atom. The zero-order chi connectivity index (χ0) is 13.1. The summed E-state index contributed by atoms with van der Waals surface area (Å²) in [6.07, 6.45) is 2.62. The number of halogens is 1. The smallest absolute Gasteiger partial charge is 0.0576 e. The lowest BCUT2D eigenvalue weighted by Gasteiger charge is -2.19. The van der Waals surface area contributed by atoms with Crippen molar-refractivity contribution in [3.63, 3.8) is 0 Å². The second-order valence-electron chi connectivity index (χ2n) is 5.08. The molecule has 1 aromatic carbocycles. The zero-order valence-corrected chi connectivity index (χ0v) is 13.3. The number of hydrogen-bond donors (Lipinski definition) is 0. The van der Waals surface area contributed by atoms with Gasteiger partial charge in [-0.25, -0.2) is 0 Å². The van der Waals surface area contributed by atoms with Crippen molar-refractivity contribution in [1.29, 1.82) is 0 Å². The third kappa shape index (κ3) is 2.87. The van der Waals surface area contributed by atoms with E-state index in [0.29, 0.717) is 0 Å². The quantitative estimate of drug-likeness (QED) is 0.708. The fourth-order valence-corrected chi connectivity index (χ4v) is 4.37. The molecule has 2 aromatic rings. The Bertz CT molecular complexity index is 523. The molecular weight excluding hydrogens is 318 g/mol. The van der Waals surface area contributed by atoms with Crippen LogP contribution in [0, 0.1) is 5.92 Å². The summed E-state index contributed by atoms with van der Waals surface area (Å²) in [5, 5.41) is 3.34. The van der Waals surface area contributed by atoms with Crippen LogP contribution in [0.1, 0.15) is 12.8 Å². The van der Waals surface area contributed by atoms with Crippen LogP contribution in [0.15, 0.2) is 41.8 Å². The van der Waals surface area contributed by atoms with Crippen LogP contribution < -0.4 is 4.90 Å². The van der Waals surface area contributed by atoms with Crippen LogP contribution in [0.5, 0.6) is 0 Å². The molecule has 1 unspecified atom stereocenters. The lowest BCUT2D eigenvalue weighted by Crippen LogP contribution is -2.19. The van der Waals surface area contributed by atoms with Gasteiger partial charge in [0.25, 0.3) is 0 Å². The number of alkyl halides is 1. The lowest BCUT2D eigenvalue weighted by atomic mass is 10.1. The van der Waals surface area contributed by atoms with Crippen LogP contribution in [-0.4, -0.2) is 18.4 Å². The summed E-state index contributed by atoms with van der Waals surface area (Å²) < 4.78 is 0. The van der Waals surface area contributed by atoms with Crippen molar-refractivity contribution in [2.45, 2.75) is 12.8 Å². The summed E-state index contributed by atoms with van der Waals surface area (Å²) in [4.78, 5) is 3.98. The molecule has 1 aromatic heterocycles. The molecule has 19 heavy (non-hydrogen) atoms. The average Bonchev–Trinajstić information content (AvgIpc) is 3.08. The van der Waals surface area contributed by atoms with Crippen molar-refractivity contribution in [3.05, 3.63) is 41.8 Å². The molecule has 1 nitrogen and oxygen atoms in total. The van der Waals surface area contributed by atoms with Crippen molar-refractivity contribution >= 4 is 33.0 Å². The minimum absolute atomic E-state index is 0.850. The molecule has 0 amide bonds. The molecule has 0 saturated carbocycles. The van der Waals surface area contributed by atoms with E-state index in [2.05, 4.69) is 62.6 Å². The van der Waals surface area contributed by atoms with Crippen molar-refractivity contribution in [1.82, 2.24) is 0 Å². The summed E-state index contributed by atoms with van der Waals surface area (Å²) >= 11 is 5.42. The Kier molecular flexibility index (Phi) is 4.24. The molecule has 3 rings (SSSR count). The molecule has 1 saturated heterocycles. The minimum Gasteiger partial charge on any atom is -0.370 e. The number of anilines is 1. The predicted molar refractivity (Wildman–Crippen MR) is 88.5 cm³/mol. The molecule has 1 fully saturated rings. The second kappa shape index (κ2) is 6.10. The van der Waals surface area contributed by atoms with Crippen LogP contribution in [0.25, 0.3) is 10.4 Å². The molecule has 1 atom stereocenters. The van der Waals surface area contributed by atoms with Crippen molar-refractivity contribution in [2.75, 3.05) is 23.3 Å². The first kappa shape index (κ1) is 13.2. The van der Waals surface area contributed by atoms with Gasteiger partial charge in [0.1, 0.15) is 0 Å². The van der Waals surface area contributed by atoms with Gasteiger partial charge < -0.3 is 4.90 Å². The van der Waals surface area contributed by atoms with E-state index < -0.39 is 0 Å². The second-order valence-corrected chi connectivity index (χ2v) is 6.79. The molecule has 1 aliphatic rings. The van der Waals surface area contributed by atoms with E-state index in [1.807, 2.05) is 11.3 Å². The maximum Gasteiger partial charge on any atom is 0.0576 e. The van der Waals surface area contributed by atoms with E-state index in [-0.39, 0.29) is 0 Å². The Labute approximate surface area is 127 Å². The van der Waals surface area contributed by atoms with Crippen LogP contribution >= 0.6 is 27.3 Å². The van der Waals surface area contributed by atoms with Gasteiger partial charge in [0.05, 0.1) is 10.6 Å². The molecule has 1 aliphatic heterocycles. The molecule has 0 aliphatic carbocycles. The third-order valence-electron chi connectivity index (χ3n) is 3.82. The monoisotopic (exact) mass is 335 g/mol. The zero-order valence-electron chi connectivity index (χ0n) is 10.9. The van der Waals surface area contributed by atoms with Gasteiger partial charge in [-0.15, -0.1) is 11.3 Å². The number of nitrogens with zero attached hydrogens (tertiary/aromatic N) is 1. The maximum atomic E-state index is 3.56. The number of hydrogen-bond acceptors (Lipinski definition) is 2. The van der Waals surface area contributed by atoms with Gasteiger partial charge in [-0.2, -0.15) is 0 Å². The average molecular weight is 336 g/mol. The van der Waals surface area contributed by atoms with Gasteiger partial charge in [-0.05, 0) is 35.8 Å². The highest BCUT2D eigenvalue weighted by Crippen LogP contribution is 2.38. The third-order valence-corrected chi connectivity index (χ3v) is 5.23. The molecular formula is C16H18BrNS. The lowest BCUT2D eigenvalue weighted by molar-refractivity contribution is 0.576. The van der Waals surface area contributed by atoms with Crippen LogP contribution in [0.3, 0.4) is 0 Å². The van der Waals surface area contributed by atoms with Gasteiger partial charge >= 0.3 is 0 Å². The predicted octanol–water partition coefficient (Wildman–Crippen LogP) is 5.03. The molecule has 0 bridgehead atoms. The summed E-state index contributed by atoms with van der Waals surface area (Å²) in [7, 11) is 0. The summed E-state index contributed by atoms with van der Waals surface area (Å²) in [6, 6.07) is 13.0. The normalized spacial score (nSPS) is 19.0. The molecule has 0 radical (unpaired) electrons. The number of benzene rings is 1. The summed E-state index contributed by atoms with van der Waals surface area (Å²) in [5.41, 5.74) is 2.77. The van der Waals surface area contributed by atoms with E-state index in [9.17, 15) is 0 Å². The molecule has 2 heterocycles. The van der Waals surface area contributed by atoms with E-state index in [1.165, 1.54) is 42.1 Å². The van der Waals surface area contributed by atoms with Gasteiger partial charge in [0.2, 0.25) is 0 Å². The summed E-state index contributed by atoms with van der Waals surface area (Å²) in [6.45, 7) is 2.41. The van der Waals surface area contributed by atoms with Gasteiger partial charge in [-0.3, -0.25) is 0 Å². The topological polar surface area (TPSA) is 3.24 Å². The largest absolute Gasteiger partial charge is 0.370 e. The van der Waals surface area contributed by atoms with E-state index >= 15 is 0 Å². The Balaban J connectivity index is 1.82. The molecule has 100 valence electrons.